The van der Waals surface area contributed by atoms with E-state index in [1.54, 1.807) is 5.51 Å². The Kier molecular flexibility index (Phi) is 6.03. The van der Waals surface area contributed by atoms with E-state index in [0.29, 0.717) is 13.0 Å². The van der Waals surface area contributed by atoms with Gasteiger partial charge >= 0.3 is 0 Å². The fraction of sp³-hybridized carbons (Fsp3) is 0.333. The van der Waals surface area contributed by atoms with Gasteiger partial charge in [0.2, 0.25) is 15.9 Å². The quantitative estimate of drug-likeness (QED) is 0.773. The van der Waals surface area contributed by atoms with Crippen molar-refractivity contribution in [3.05, 3.63) is 45.7 Å². The van der Waals surface area contributed by atoms with Gasteiger partial charge in [-0.2, -0.15) is 0 Å². The molecule has 0 spiro atoms. The zero-order valence-corrected chi connectivity index (χ0v) is 14.9. The fourth-order valence-electron chi connectivity index (χ4n) is 2.10. The summed E-state index contributed by atoms with van der Waals surface area (Å²) in [5.74, 6) is -0.942. The molecule has 0 unspecified atom stereocenters. The molecular formula is C15H18FN3O3S2. The molecule has 0 aliphatic rings. The highest BCUT2D eigenvalue weighted by Gasteiger charge is 2.18. The highest BCUT2D eigenvalue weighted by atomic mass is 32.2. The van der Waals surface area contributed by atoms with E-state index >= 15 is 0 Å². The van der Waals surface area contributed by atoms with Crippen molar-refractivity contribution in [2.45, 2.75) is 25.2 Å². The minimum atomic E-state index is -3.86. The molecule has 2 aromatic rings. The van der Waals surface area contributed by atoms with Crippen LogP contribution in [0.3, 0.4) is 0 Å². The van der Waals surface area contributed by atoms with E-state index in [9.17, 15) is 17.6 Å². The molecule has 0 fully saturated rings. The second kappa shape index (κ2) is 7.82. The zero-order chi connectivity index (χ0) is 17.7. The van der Waals surface area contributed by atoms with E-state index in [1.807, 2.05) is 6.92 Å². The van der Waals surface area contributed by atoms with Crippen LogP contribution in [-0.4, -0.2) is 32.4 Å². The lowest BCUT2D eigenvalue weighted by molar-refractivity contribution is -0.119. The maximum Gasteiger partial charge on any atom is 0.241 e. The van der Waals surface area contributed by atoms with Crippen LogP contribution in [0.5, 0.6) is 0 Å². The van der Waals surface area contributed by atoms with Gasteiger partial charge < -0.3 is 5.32 Å². The Labute approximate surface area is 144 Å². The number of carbonyl (C=O) groups is 1. The van der Waals surface area contributed by atoms with Gasteiger partial charge in [-0.3, -0.25) is 4.79 Å². The van der Waals surface area contributed by atoms with Crippen molar-refractivity contribution in [3.63, 3.8) is 0 Å². The van der Waals surface area contributed by atoms with Crippen LogP contribution in [0.15, 0.2) is 28.6 Å². The lowest BCUT2D eigenvalue weighted by Crippen LogP contribution is -2.37. The van der Waals surface area contributed by atoms with Gasteiger partial charge in [-0.15, -0.1) is 11.3 Å². The number of nitrogens with zero attached hydrogens (tertiary/aromatic N) is 1. The third-order valence-electron chi connectivity index (χ3n) is 3.37. The topological polar surface area (TPSA) is 88.2 Å². The van der Waals surface area contributed by atoms with Crippen molar-refractivity contribution in [2.24, 2.45) is 0 Å². The molecule has 2 rings (SSSR count). The first-order valence-corrected chi connectivity index (χ1v) is 9.57. The van der Waals surface area contributed by atoms with Crippen molar-refractivity contribution in [1.82, 2.24) is 15.0 Å². The van der Waals surface area contributed by atoms with Crippen LogP contribution in [0.1, 0.15) is 16.1 Å². The second-order valence-corrected chi connectivity index (χ2v) is 7.87. The van der Waals surface area contributed by atoms with Gasteiger partial charge in [0.1, 0.15) is 5.82 Å². The van der Waals surface area contributed by atoms with Crippen LogP contribution >= 0.6 is 11.3 Å². The number of benzene rings is 1. The van der Waals surface area contributed by atoms with Gasteiger partial charge in [0.25, 0.3) is 0 Å². The number of hydrogen-bond donors (Lipinski definition) is 2. The van der Waals surface area contributed by atoms with E-state index < -0.39 is 21.7 Å². The summed E-state index contributed by atoms with van der Waals surface area (Å²) in [6, 6.07) is 3.38. The summed E-state index contributed by atoms with van der Waals surface area (Å²) in [7, 11) is -3.86. The molecule has 130 valence electrons. The maximum absolute atomic E-state index is 13.1. The van der Waals surface area contributed by atoms with Gasteiger partial charge in [-0.25, -0.2) is 22.5 Å². The summed E-state index contributed by atoms with van der Waals surface area (Å²) in [4.78, 5) is 16.9. The van der Waals surface area contributed by atoms with E-state index in [2.05, 4.69) is 15.0 Å². The van der Waals surface area contributed by atoms with Crippen molar-refractivity contribution >= 4 is 27.3 Å². The Bertz CT molecular complexity index is 834. The lowest BCUT2D eigenvalue weighted by atomic mass is 10.2. The summed E-state index contributed by atoms with van der Waals surface area (Å²) in [6.07, 6.45) is 0.645. The number of nitrogens with one attached hydrogen (secondary N) is 2. The summed E-state index contributed by atoms with van der Waals surface area (Å²) in [5.41, 5.74) is 2.95. The number of sulfonamides is 1. The minimum Gasteiger partial charge on any atom is -0.355 e. The average molecular weight is 371 g/mol. The molecule has 6 nitrogen and oxygen atoms in total. The Morgan fingerprint density at radius 2 is 2.08 bits per heavy atom. The third kappa shape index (κ3) is 4.83. The number of carbonyl (C=O) groups excluding carboxylic acids is 1. The number of aromatic nitrogens is 1. The molecule has 1 aromatic carbocycles. The number of aryl methyl sites for hydroxylation is 2. The van der Waals surface area contributed by atoms with Gasteiger partial charge in [0.05, 0.1) is 22.6 Å². The molecule has 1 aromatic heterocycles. The Morgan fingerprint density at radius 1 is 1.33 bits per heavy atom. The van der Waals surface area contributed by atoms with Crippen molar-refractivity contribution in [3.8, 4) is 0 Å². The first-order valence-electron chi connectivity index (χ1n) is 7.21. The molecule has 0 bridgehead atoms. The van der Waals surface area contributed by atoms with Crippen LogP contribution in [0.4, 0.5) is 4.39 Å². The van der Waals surface area contributed by atoms with E-state index in [1.165, 1.54) is 24.3 Å². The van der Waals surface area contributed by atoms with E-state index in [0.717, 1.165) is 22.7 Å². The van der Waals surface area contributed by atoms with Crippen LogP contribution in [0.2, 0.25) is 0 Å². The number of amides is 1. The van der Waals surface area contributed by atoms with Gasteiger partial charge in [0, 0.05) is 17.8 Å². The smallest absolute Gasteiger partial charge is 0.241 e. The van der Waals surface area contributed by atoms with Crippen molar-refractivity contribution < 1.29 is 17.6 Å². The number of hydrogen-bond acceptors (Lipinski definition) is 5. The Balaban J connectivity index is 1.85. The summed E-state index contributed by atoms with van der Waals surface area (Å²) in [6.45, 7) is 3.42. The first-order chi connectivity index (χ1) is 11.3. The standard InChI is InChI=1S/C15H18FN3O3S2/c1-10-7-12(16)3-4-14(10)24(21,22)19-8-15(20)17-6-5-13-11(2)18-9-23-13/h3-4,7,9,19H,5-6,8H2,1-2H3,(H,17,20). The molecule has 1 amide bonds. The summed E-state index contributed by atoms with van der Waals surface area (Å²) >= 11 is 1.51. The summed E-state index contributed by atoms with van der Waals surface area (Å²) < 4.78 is 39.6. The predicted molar refractivity (Wildman–Crippen MR) is 89.9 cm³/mol. The molecule has 0 aliphatic heterocycles. The van der Waals surface area contributed by atoms with Gasteiger partial charge in [-0.05, 0) is 37.6 Å². The molecule has 0 saturated heterocycles. The molecule has 2 N–H and O–H groups in total. The first kappa shape index (κ1) is 18.5. The fourth-order valence-corrected chi connectivity index (χ4v) is 4.08. The molecule has 1 heterocycles. The largest absolute Gasteiger partial charge is 0.355 e. The van der Waals surface area contributed by atoms with E-state index in [4.69, 9.17) is 0 Å². The predicted octanol–water partition coefficient (Wildman–Crippen LogP) is 1.54. The number of thiazole rings is 1. The number of halogens is 1. The van der Waals surface area contributed by atoms with Crippen LogP contribution in [-0.2, 0) is 21.2 Å². The van der Waals surface area contributed by atoms with Crippen molar-refractivity contribution in [2.75, 3.05) is 13.1 Å². The average Bonchev–Trinajstić information content (AvgIpc) is 2.90. The maximum atomic E-state index is 13.1. The zero-order valence-electron chi connectivity index (χ0n) is 13.3. The molecular weight excluding hydrogens is 353 g/mol. The monoisotopic (exact) mass is 371 g/mol. The summed E-state index contributed by atoms with van der Waals surface area (Å²) in [5, 5.41) is 2.65. The third-order valence-corrected chi connectivity index (χ3v) is 5.92. The SMILES string of the molecule is Cc1cc(F)ccc1S(=O)(=O)NCC(=O)NCCc1scnc1C. The highest BCUT2D eigenvalue weighted by Crippen LogP contribution is 2.15. The minimum absolute atomic E-state index is 0.0445. The van der Waals surface area contributed by atoms with Crippen LogP contribution < -0.4 is 10.0 Å². The van der Waals surface area contributed by atoms with Crippen LogP contribution in [0, 0.1) is 19.7 Å². The van der Waals surface area contributed by atoms with Crippen molar-refractivity contribution in [1.29, 1.82) is 0 Å². The molecule has 0 atom stereocenters. The van der Waals surface area contributed by atoms with Gasteiger partial charge in [-0.1, -0.05) is 0 Å². The Hall–Kier alpha value is -1.84. The molecule has 0 saturated carbocycles. The van der Waals surface area contributed by atoms with Gasteiger partial charge in [0.15, 0.2) is 0 Å². The molecule has 24 heavy (non-hydrogen) atoms. The number of rotatable bonds is 7. The molecule has 0 radical (unpaired) electrons. The normalized spacial score (nSPS) is 11.5. The highest BCUT2D eigenvalue weighted by molar-refractivity contribution is 7.89. The second-order valence-electron chi connectivity index (χ2n) is 5.20. The van der Waals surface area contributed by atoms with E-state index in [-0.39, 0.29) is 17.0 Å². The Morgan fingerprint density at radius 3 is 2.71 bits per heavy atom. The van der Waals surface area contributed by atoms with Crippen LogP contribution in [0.25, 0.3) is 0 Å². The molecule has 0 aliphatic carbocycles. The molecule has 9 heteroatoms. The lowest BCUT2D eigenvalue weighted by Gasteiger charge is -2.09.